The highest BCUT2D eigenvalue weighted by molar-refractivity contribution is 5.73. The molecule has 1 fully saturated rings. The number of hydrogen-bond donors (Lipinski definition) is 2. The van der Waals surface area contributed by atoms with Gasteiger partial charge in [0.15, 0.2) is 11.9 Å². The second kappa shape index (κ2) is 9.69. The maximum absolute atomic E-state index is 12.4. The third kappa shape index (κ3) is 4.53. The van der Waals surface area contributed by atoms with Crippen molar-refractivity contribution in [2.45, 2.75) is 44.2 Å². The van der Waals surface area contributed by atoms with E-state index in [0.717, 1.165) is 5.56 Å². The number of nitriles is 1. The van der Waals surface area contributed by atoms with Crippen LogP contribution in [-0.2, 0) is 35.8 Å². The Balaban J connectivity index is 1.62. The van der Waals surface area contributed by atoms with Crippen molar-refractivity contribution >= 4 is 23.3 Å². The number of aliphatic hydroxyl groups is 1. The number of benzene rings is 1. The van der Waals surface area contributed by atoms with Gasteiger partial charge >= 0.3 is 11.9 Å². The first-order chi connectivity index (χ1) is 16.8. The highest BCUT2D eigenvalue weighted by atomic mass is 16.6. The smallest absolute Gasteiger partial charge is 0.310 e. The maximum atomic E-state index is 12.4. The van der Waals surface area contributed by atoms with Crippen LogP contribution in [0.3, 0.4) is 0 Å². The summed E-state index contributed by atoms with van der Waals surface area (Å²) in [5.74, 6) is -1.46. The van der Waals surface area contributed by atoms with E-state index in [4.69, 9.17) is 19.9 Å². The topological polar surface area (TPSA) is 162 Å². The quantitative estimate of drug-likeness (QED) is 0.470. The van der Waals surface area contributed by atoms with Crippen molar-refractivity contribution in [3.8, 4) is 6.07 Å². The van der Waals surface area contributed by atoms with Crippen molar-refractivity contribution in [3.63, 3.8) is 0 Å². The van der Waals surface area contributed by atoms with E-state index >= 15 is 0 Å². The molecule has 1 aromatic carbocycles. The van der Waals surface area contributed by atoms with E-state index in [0.29, 0.717) is 5.52 Å². The predicted octanol–water partition coefficient (Wildman–Crippen LogP) is 1.14. The number of fused-ring (bicyclic) bond motifs is 1. The lowest BCUT2D eigenvalue weighted by Gasteiger charge is -2.25. The summed E-state index contributed by atoms with van der Waals surface area (Å²) >= 11 is 0. The van der Waals surface area contributed by atoms with E-state index in [1.165, 1.54) is 16.9 Å². The first kappa shape index (κ1) is 24.1. The fraction of sp³-hybridized carbons (Fsp3) is 0.375. The molecule has 0 amide bonds. The molecule has 11 heteroatoms. The zero-order valence-corrected chi connectivity index (χ0v) is 19.2. The Morgan fingerprint density at radius 3 is 2.71 bits per heavy atom. The number of hydrogen-bond acceptors (Lipinski definition) is 10. The number of carbonyl (C=O) groups is 2. The number of nitrogen functional groups attached to an aromatic ring is 1. The Labute approximate surface area is 201 Å². The summed E-state index contributed by atoms with van der Waals surface area (Å²) < 4.78 is 18.2. The van der Waals surface area contributed by atoms with Crippen LogP contribution >= 0.6 is 0 Å². The minimum absolute atomic E-state index is 0.0233. The van der Waals surface area contributed by atoms with E-state index in [9.17, 15) is 20.0 Å². The van der Waals surface area contributed by atoms with E-state index in [1.54, 1.807) is 44.2 Å². The average molecular weight is 479 g/mol. The largest absolute Gasteiger partial charge is 0.463 e. The molecule has 3 heterocycles. The fourth-order valence-electron chi connectivity index (χ4n) is 3.93. The Morgan fingerprint density at radius 2 is 2.03 bits per heavy atom. The Bertz CT molecular complexity index is 1270. The molecule has 3 N–H and O–H groups in total. The van der Waals surface area contributed by atoms with Crippen LogP contribution in [0.2, 0.25) is 0 Å². The summed E-state index contributed by atoms with van der Waals surface area (Å²) in [6.07, 6.45) is -2.77. The van der Waals surface area contributed by atoms with Crippen LogP contribution < -0.4 is 5.73 Å². The SMILES string of the molecule is CC(C)C(=O)O[C@H]1[C@@H](O)[C@](C#N)(c2ccc3c(N)ncnn23)O[C@@H]1COC(=O)Cc1ccccc1. The highest BCUT2D eigenvalue weighted by Gasteiger charge is 2.60. The van der Waals surface area contributed by atoms with Gasteiger partial charge in [0, 0.05) is 0 Å². The molecule has 4 atom stereocenters. The lowest BCUT2D eigenvalue weighted by atomic mass is 9.92. The van der Waals surface area contributed by atoms with Gasteiger partial charge in [0.1, 0.15) is 36.7 Å². The van der Waals surface area contributed by atoms with Gasteiger partial charge in [-0.15, -0.1) is 0 Å². The Hall–Kier alpha value is -4.01. The molecular weight excluding hydrogens is 454 g/mol. The van der Waals surface area contributed by atoms with Crippen molar-refractivity contribution in [2.75, 3.05) is 12.3 Å². The number of ether oxygens (including phenoxy) is 3. The molecule has 0 unspecified atom stereocenters. The number of carbonyl (C=O) groups excluding carboxylic acids is 2. The highest BCUT2D eigenvalue weighted by Crippen LogP contribution is 2.42. The molecule has 0 radical (unpaired) electrons. The van der Waals surface area contributed by atoms with Gasteiger partial charge in [-0.3, -0.25) is 9.59 Å². The van der Waals surface area contributed by atoms with Crippen molar-refractivity contribution in [1.29, 1.82) is 5.26 Å². The number of esters is 2. The average Bonchev–Trinajstić information content (AvgIpc) is 3.39. The van der Waals surface area contributed by atoms with Crippen LogP contribution in [0.1, 0.15) is 25.1 Å². The summed E-state index contributed by atoms with van der Waals surface area (Å²) in [6.45, 7) is 2.93. The van der Waals surface area contributed by atoms with Crippen LogP contribution in [0.4, 0.5) is 5.82 Å². The van der Waals surface area contributed by atoms with E-state index in [-0.39, 0.29) is 24.5 Å². The molecular formula is C24H25N5O6. The minimum Gasteiger partial charge on any atom is -0.463 e. The molecule has 3 aromatic rings. The van der Waals surface area contributed by atoms with Crippen molar-refractivity contribution in [2.24, 2.45) is 5.92 Å². The lowest BCUT2D eigenvalue weighted by Crippen LogP contribution is -2.43. The van der Waals surface area contributed by atoms with E-state index in [2.05, 4.69) is 10.1 Å². The van der Waals surface area contributed by atoms with Crippen LogP contribution in [0.5, 0.6) is 0 Å². The standard InChI is InChI=1S/C24H25N5O6/c1-14(2)23(32)34-20-17(11-33-19(30)10-15-6-4-3-5-7-15)35-24(12-25,21(20)31)18-9-8-16-22(26)27-13-28-29(16)18/h3-9,13-14,17,20-21,31H,10-11H2,1-2H3,(H2,26,27,28)/t17-,20-,21-,24+/m1/s1. The van der Waals surface area contributed by atoms with Gasteiger partial charge in [0.25, 0.3) is 0 Å². The summed E-state index contributed by atoms with van der Waals surface area (Å²) in [6, 6.07) is 14.1. The number of rotatable bonds is 7. The molecule has 1 aliphatic heterocycles. The zero-order chi connectivity index (χ0) is 25.2. The fourth-order valence-corrected chi connectivity index (χ4v) is 3.93. The van der Waals surface area contributed by atoms with Crippen molar-refractivity contribution in [3.05, 3.63) is 60.0 Å². The van der Waals surface area contributed by atoms with Gasteiger partial charge in [-0.1, -0.05) is 44.2 Å². The maximum Gasteiger partial charge on any atom is 0.310 e. The second-order valence-corrected chi connectivity index (χ2v) is 8.51. The van der Waals surface area contributed by atoms with Crippen molar-refractivity contribution < 1.29 is 28.9 Å². The van der Waals surface area contributed by atoms with Crippen LogP contribution in [0, 0.1) is 17.2 Å². The number of anilines is 1. The molecule has 35 heavy (non-hydrogen) atoms. The molecule has 11 nitrogen and oxygen atoms in total. The zero-order valence-electron chi connectivity index (χ0n) is 19.2. The first-order valence-electron chi connectivity index (χ1n) is 11.0. The molecule has 4 rings (SSSR count). The normalized spacial score (nSPS) is 23.8. The van der Waals surface area contributed by atoms with Crippen LogP contribution in [-0.4, -0.2) is 56.6 Å². The molecule has 0 aliphatic carbocycles. The van der Waals surface area contributed by atoms with Gasteiger partial charge in [0.05, 0.1) is 18.0 Å². The lowest BCUT2D eigenvalue weighted by molar-refractivity contribution is -0.163. The minimum atomic E-state index is -1.98. The number of nitrogens with two attached hydrogens (primary N) is 1. The molecule has 182 valence electrons. The second-order valence-electron chi connectivity index (χ2n) is 8.51. The molecule has 0 bridgehead atoms. The predicted molar refractivity (Wildman–Crippen MR) is 121 cm³/mol. The summed E-state index contributed by atoms with van der Waals surface area (Å²) in [4.78, 5) is 28.7. The first-order valence-corrected chi connectivity index (χ1v) is 11.0. The van der Waals surface area contributed by atoms with E-state index in [1.807, 2.05) is 12.1 Å². The van der Waals surface area contributed by atoms with Crippen LogP contribution in [0.25, 0.3) is 5.52 Å². The molecule has 0 saturated carbocycles. The third-order valence-electron chi connectivity index (χ3n) is 5.78. The number of aromatic nitrogens is 3. The molecule has 2 aromatic heterocycles. The summed E-state index contributed by atoms with van der Waals surface area (Å²) in [5, 5.41) is 25.5. The summed E-state index contributed by atoms with van der Waals surface area (Å²) in [7, 11) is 0. The summed E-state index contributed by atoms with van der Waals surface area (Å²) in [5.41, 5.74) is 5.25. The third-order valence-corrected chi connectivity index (χ3v) is 5.78. The monoisotopic (exact) mass is 479 g/mol. The number of nitrogens with zero attached hydrogens (tertiary/aromatic N) is 4. The Kier molecular flexibility index (Phi) is 6.68. The molecule has 0 spiro atoms. The number of aliphatic hydroxyl groups excluding tert-OH is 1. The van der Waals surface area contributed by atoms with E-state index < -0.39 is 41.8 Å². The van der Waals surface area contributed by atoms with Gasteiger partial charge in [-0.2, -0.15) is 10.4 Å². The Morgan fingerprint density at radius 1 is 1.29 bits per heavy atom. The van der Waals surface area contributed by atoms with Gasteiger partial charge in [0.2, 0.25) is 5.60 Å². The van der Waals surface area contributed by atoms with Gasteiger partial charge in [-0.05, 0) is 17.7 Å². The van der Waals surface area contributed by atoms with Crippen molar-refractivity contribution in [1.82, 2.24) is 14.6 Å². The molecule has 1 aliphatic rings. The van der Waals surface area contributed by atoms with Gasteiger partial charge < -0.3 is 25.1 Å². The van der Waals surface area contributed by atoms with Crippen LogP contribution in [0.15, 0.2) is 48.8 Å². The molecule has 1 saturated heterocycles. The van der Waals surface area contributed by atoms with Gasteiger partial charge in [-0.25, -0.2) is 9.50 Å².